The molecule has 0 spiro atoms. The molecule has 0 radical (unpaired) electrons. The van der Waals surface area contributed by atoms with Crippen LogP contribution in [0, 0.1) is 23.7 Å². The van der Waals surface area contributed by atoms with Gasteiger partial charge in [-0.3, -0.25) is 62.1 Å². The average Bonchev–Trinajstić information content (AvgIpc) is 1.60. The lowest BCUT2D eigenvalue weighted by atomic mass is 10.0. The van der Waals surface area contributed by atoms with Crippen LogP contribution in [0.5, 0.6) is 5.88 Å². The Morgan fingerprint density at radius 1 is 0.661 bits per heavy atom. The van der Waals surface area contributed by atoms with Crippen LogP contribution >= 0.6 is 16.5 Å². The van der Waals surface area contributed by atoms with Gasteiger partial charge in [-0.2, -0.15) is 4.98 Å². The summed E-state index contributed by atoms with van der Waals surface area (Å²) >= 11 is 0. The number of aliphatic hydroxyl groups is 1. The molecule has 3 fully saturated rings. The first kappa shape index (κ1) is 94.3. The van der Waals surface area contributed by atoms with E-state index in [1.807, 2.05) is 48.5 Å². The van der Waals surface area contributed by atoms with E-state index in [0.717, 1.165) is 22.4 Å². The minimum Gasteiger partial charge on any atom is -0.474 e. The maximum atomic E-state index is 14.0. The van der Waals surface area contributed by atoms with Crippen molar-refractivity contribution in [2.75, 3.05) is 148 Å². The van der Waals surface area contributed by atoms with E-state index in [1.165, 1.54) is 48.4 Å². The fraction of sp³-hybridized carbons (Fsp3) is 0.494. The second-order valence-corrected chi connectivity index (χ2v) is 31.4. The van der Waals surface area contributed by atoms with E-state index in [0.29, 0.717) is 135 Å². The normalized spacial score (nSPS) is 19.7. The van der Waals surface area contributed by atoms with Gasteiger partial charge in [-0.1, -0.05) is 86.4 Å². The molecule has 11 atom stereocenters. The van der Waals surface area contributed by atoms with Crippen LogP contribution in [0.3, 0.4) is 0 Å². The predicted octanol–water partition coefficient (Wildman–Crippen LogP) is 5.59. The Balaban J connectivity index is 0.487. The number of rotatable bonds is 45. The highest BCUT2D eigenvalue weighted by atomic mass is 31.1. The number of hydrogen-bond acceptors (Lipinski definition) is 30. The molecule has 39 nitrogen and oxygen atoms in total. The zero-order valence-corrected chi connectivity index (χ0v) is 71.2. The zero-order chi connectivity index (χ0) is 87.5. The SMILES string of the molecule is CC(C)[C@H](NC(=O)CCOCCOCCOCCOCCOCCOCCOCCOCCNC(=O)CCC(=O)N1Cc2ccccc2C#Cc2ccccc21)C(=O)N[C@@H](C)C(=O)Nc1ccc(COC(=O)N(C)Cc2ccccc2C(=O)Nc2nc3c(ncn3C3O[C@@H]4CO[PH](=O)O[C@H]5C[C@H](Oc6ccncn6)C[C@@H]5CO[PH](=O)O[C@@H]3[C@H]4O)c(=O)[nH]2)cc1. The maximum absolute atomic E-state index is 14.0. The maximum Gasteiger partial charge on any atom is 0.410 e. The molecule has 668 valence electrons. The van der Waals surface area contributed by atoms with E-state index >= 15 is 0 Å². The lowest BCUT2D eigenvalue weighted by molar-refractivity contribution is -0.132. The number of aromatic amines is 1. The van der Waals surface area contributed by atoms with E-state index in [9.17, 15) is 52.6 Å². The summed E-state index contributed by atoms with van der Waals surface area (Å²) in [6.45, 7) is 10.2. The number of imidazole rings is 1. The second kappa shape index (κ2) is 49.4. The Kier molecular flexibility index (Phi) is 37.6. The molecule has 3 aliphatic heterocycles. The van der Waals surface area contributed by atoms with E-state index < -0.39 is 113 Å². The molecule has 7 amide bonds. The number of nitrogens with one attached hydrogen (secondary N) is 6. The number of ether oxygens (including phenoxy) is 11. The van der Waals surface area contributed by atoms with Crippen molar-refractivity contribution in [3.8, 4) is 17.7 Å². The quantitative estimate of drug-likeness (QED) is 0.0139. The Morgan fingerprint density at radius 2 is 1.29 bits per heavy atom. The molecular weight excluding hydrogens is 1660 g/mol. The lowest BCUT2D eigenvalue weighted by Gasteiger charge is -2.26. The lowest BCUT2D eigenvalue weighted by Crippen LogP contribution is -2.53. The van der Waals surface area contributed by atoms with Crippen LogP contribution < -0.4 is 41.8 Å². The largest absolute Gasteiger partial charge is 0.474 e. The molecule has 41 heteroatoms. The van der Waals surface area contributed by atoms with Crippen LogP contribution in [0.25, 0.3) is 11.2 Å². The zero-order valence-electron chi connectivity index (χ0n) is 69.2. The van der Waals surface area contributed by atoms with E-state index in [2.05, 4.69) is 63.3 Å². The molecule has 6 heterocycles. The summed E-state index contributed by atoms with van der Waals surface area (Å²) in [7, 11) is -5.13. The third kappa shape index (κ3) is 29.1. The van der Waals surface area contributed by atoms with Crippen molar-refractivity contribution in [2.45, 2.75) is 121 Å². The topological polar surface area (TPSA) is 468 Å². The number of amides is 7. The first-order chi connectivity index (χ1) is 60.2. The number of hydrogen-bond donors (Lipinski definition) is 7. The number of H-pyrrole nitrogens is 1. The van der Waals surface area contributed by atoms with Gasteiger partial charge >= 0.3 is 22.6 Å². The molecule has 7 aromatic rings. The van der Waals surface area contributed by atoms with Crippen LogP contribution in [0.15, 0.2) is 127 Å². The van der Waals surface area contributed by atoms with Crippen molar-refractivity contribution in [1.82, 2.24) is 50.3 Å². The van der Waals surface area contributed by atoms with Crippen molar-refractivity contribution in [1.29, 1.82) is 0 Å². The van der Waals surface area contributed by atoms with E-state index in [1.54, 1.807) is 67.3 Å². The van der Waals surface area contributed by atoms with Crippen LogP contribution in [-0.4, -0.2) is 256 Å². The third-order valence-electron chi connectivity index (χ3n) is 19.9. The number of aliphatic hydroxyl groups excluding tert-OH is 1. The summed E-state index contributed by atoms with van der Waals surface area (Å²) in [5.41, 5.74) is 3.64. The number of carbonyl (C=O) groups excluding carboxylic acids is 7. The summed E-state index contributed by atoms with van der Waals surface area (Å²) in [5.74, 6) is 2.99. The number of aromatic nitrogens is 6. The monoisotopic (exact) mass is 1760 g/mol. The number of fused-ring (bicyclic) bond motifs is 6. The molecule has 7 N–H and O–H groups in total. The van der Waals surface area contributed by atoms with Crippen LogP contribution in [0.1, 0.15) is 97.3 Å². The summed E-state index contributed by atoms with van der Waals surface area (Å²) in [6.07, 6.45) is -2.63. The molecular formula is C83H105N13O26P2. The molecule has 2 bridgehead atoms. The molecule has 3 aromatic heterocycles. The second-order valence-electron chi connectivity index (χ2n) is 29.3. The number of benzene rings is 4. The van der Waals surface area contributed by atoms with E-state index in [4.69, 9.17) is 70.2 Å². The number of nitrogens with zero attached hydrogens (tertiary/aromatic N) is 7. The van der Waals surface area contributed by atoms with Gasteiger partial charge in [0.15, 0.2) is 17.4 Å². The summed E-state index contributed by atoms with van der Waals surface area (Å²) in [4.78, 5) is 129. The Bertz CT molecular complexity index is 4850. The molecule has 3 unspecified atom stereocenters. The van der Waals surface area contributed by atoms with Crippen molar-refractivity contribution >= 4 is 86.5 Å². The molecule has 1 aliphatic carbocycles. The molecule has 4 aromatic carbocycles. The summed E-state index contributed by atoms with van der Waals surface area (Å²) in [5, 5.41) is 25.0. The molecule has 11 rings (SSSR count). The van der Waals surface area contributed by atoms with E-state index in [-0.39, 0.29) is 99.2 Å². The van der Waals surface area contributed by atoms with Crippen molar-refractivity contribution in [3.05, 3.63) is 166 Å². The summed E-state index contributed by atoms with van der Waals surface area (Å²) in [6, 6.07) is 27.7. The van der Waals surface area contributed by atoms with Gasteiger partial charge in [0.05, 0.1) is 144 Å². The number of para-hydroxylation sites is 1. The Morgan fingerprint density at radius 3 is 1.98 bits per heavy atom. The predicted molar refractivity (Wildman–Crippen MR) is 446 cm³/mol. The molecule has 4 aliphatic rings. The number of carbonyl (C=O) groups is 7. The van der Waals surface area contributed by atoms with Gasteiger partial charge in [0.25, 0.3) is 11.5 Å². The van der Waals surface area contributed by atoms with Crippen molar-refractivity contribution in [2.24, 2.45) is 11.8 Å². The minimum absolute atomic E-state index is 0.0229. The van der Waals surface area contributed by atoms with Gasteiger partial charge < -0.3 is 102 Å². The van der Waals surface area contributed by atoms with Gasteiger partial charge in [0.1, 0.15) is 49.4 Å². The highest BCUT2D eigenvalue weighted by Gasteiger charge is 2.49. The van der Waals surface area contributed by atoms with Gasteiger partial charge in [-0.05, 0) is 72.4 Å². The van der Waals surface area contributed by atoms with Crippen molar-refractivity contribution in [3.63, 3.8) is 0 Å². The average molecular weight is 1760 g/mol. The minimum atomic E-state index is -3.39. The van der Waals surface area contributed by atoms with Crippen LogP contribution in [0.2, 0.25) is 0 Å². The fourth-order valence-electron chi connectivity index (χ4n) is 13.4. The smallest absolute Gasteiger partial charge is 0.410 e. The number of anilines is 3. The summed E-state index contributed by atoms with van der Waals surface area (Å²) < 4.78 is 113. The Hall–Kier alpha value is -10.3. The standard InChI is InChI=1S/C83H105N13O26P2/c1-54(2)72(90-69(98)26-29-108-31-33-110-35-37-112-39-41-114-43-44-115-42-40-113-38-36-111-34-32-109-30-28-85-68(97)23-24-71(99)95-48-59-13-6-5-11-57(59)19-20-58-12-8-10-16-65(58)95)79(103)88-55(3)77(101)89-62-21-17-56(18-22-62)49-116-83(105)94(4)47-60-14-7-9-15-64(60)78(102)92-82-91-76-73(80(104)93-82)87-53-96(76)81-75-74(100)67(120-81)51-118-123(106)121-66-46-63(119-70-25-27-84-52-86-70)45-61(66)50-117-124(107)122-75/h5-18,21-22,25,27,52-55,61,63,66-67,72,74-75,81,100,123-124H,23-24,26,28-51H2,1-4H3,(H,85,97)(H,88,103)(H,89,101)(H,90,98)(H2,91,92,93,102,104)/t55-,61+,63+,66-,67+,72-,74-,75+,81?/m0/s1. The van der Waals surface area contributed by atoms with Crippen molar-refractivity contribution < 1.29 is 118 Å². The van der Waals surface area contributed by atoms with Crippen LogP contribution in [-0.2, 0) is 118 Å². The Labute approximate surface area is 716 Å². The fourth-order valence-corrected chi connectivity index (χ4v) is 15.2. The first-order valence-electron chi connectivity index (χ1n) is 40.8. The van der Waals surface area contributed by atoms with Gasteiger partial charge in [-0.25, -0.2) is 19.7 Å². The third-order valence-corrected chi connectivity index (χ3v) is 21.7. The highest BCUT2D eigenvalue weighted by molar-refractivity contribution is 7.33. The molecule has 1 saturated carbocycles. The van der Waals surface area contributed by atoms with Gasteiger partial charge in [-0.15, -0.1) is 0 Å². The molecule has 124 heavy (non-hydrogen) atoms. The first-order valence-corrected chi connectivity index (χ1v) is 43.2. The van der Waals surface area contributed by atoms with Gasteiger partial charge in [0.2, 0.25) is 41.4 Å². The molecule has 2 saturated heterocycles. The highest BCUT2D eigenvalue weighted by Crippen LogP contribution is 2.45. The van der Waals surface area contributed by atoms with Gasteiger partial charge in [0, 0.05) is 86.4 Å². The van der Waals surface area contributed by atoms with Crippen LogP contribution in [0.4, 0.5) is 22.1 Å².